The minimum Gasteiger partial charge on any atom is -0.356 e. The largest absolute Gasteiger partial charge is 0.356 e. The SMILES string of the molecule is Cc1cc(CCN)cnc1N1CCC(C)C1. The number of pyridine rings is 1. The fourth-order valence-corrected chi connectivity index (χ4v) is 2.39. The Balaban J connectivity index is 2.16. The van der Waals surface area contributed by atoms with E-state index in [2.05, 4.69) is 29.8 Å². The molecule has 0 radical (unpaired) electrons. The van der Waals surface area contributed by atoms with E-state index in [9.17, 15) is 0 Å². The Morgan fingerprint density at radius 2 is 2.38 bits per heavy atom. The van der Waals surface area contributed by atoms with E-state index in [1.165, 1.54) is 17.5 Å². The fourth-order valence-electron chi connectivity index (χ4n) is 2.39. The molecule has 2 N–H and O–H groups in total. The predicted molar refractivity (Wildman–Crippen MR) is 67.7 cm³/mol. The third-order valence-corrected chi connectivity index (χ3v) is 3.26. The van der Waals surface area contributed by atoms with Crippen LogP contribution in [0.2, 0.25) is 0 Å². The van der Waals surface area contributed by atoms with Crippen LogP contribution in [0.4, 0.5) is 5.82 Å². The Hall–Kier alpha value is -1.09. The molecule has 2 heterocycles. The lowest BCUT2D eigenvalue weighted by Crippen LogP contribution is -2.21. The molecule has 1 fully saturated rings. The fraction of sp³-hybridized carbons (Fsp3) is 0.615. The van der Waals surface area contributed by atoms with Gasteiger partial charge in [0.05, 0.1) is 0 Å². The molecule has 1 aliphatic rings. The summed E-state index contributed by atoms with van der Waals surface area (Å²) < 4.78 is 0. The molecule has 1 aromatic rings. The standard InChI is InChI=1S/C13H21N3/c1-10-4-6-16(9-10)13-11(2)7-12(3-5-14)8-15-13/h7-8,10H,3-6,9,14H2,1-2H3. The lowest BCUT2D eigenvalue weighted by atomic mass is 10.1. The van der Waals surface area contributed by atoms with Crippen molar-refractivity contribution in [2.45, 2.75) is 26.7 Å². The van der Waals surface area contributed by atoms with E-state index in [-0.39, 0.29) is 0 Å². The first-order valence-electron chi connectivity index (χ1n) is 6.11. The van der Waals surface area contributed by atoms with Gasteiger partial charge in [-0.25, -0.2) is 4.98 Å². The van der Waals surface area contributed by atoms with Crippen molar-refractivity contribution < 1.29 is 0 Å². The van der Waals surface area contributed by atoms with Crippen LogP contribution in [0.1, 0.15) is 24.5 Å². The van der Waals surface area contributed by atoms with Gasteiger partial charge in [0, 0.05) is 19.3 Å². The van der Waals surface area contributed by atoms with Crippen molar-refractivity contribution in [3.8, 4) is 0 Å². The molecule has 0 aliphatic carbocycles. The van der Waals surface area contributed by atoms with E-state index < -0.39 is 0 Å². The number of nitrogens with zero attached hydrogens (tertiary/aromatic N) is 2. The normalized spacial score (nSPS) is 20.4. The molecule has 1 aromatic heterocycles. The van der Waals surface area contributed by atoms with Gasteiger partial charge in [-0.3, -0.25) is 0 Å². The molecule has 0 saturated carbocycles. The minimum absolute atomic E-state index is 0.696. The van der Waals surface area contributed by atoms with Gasteiger partial charge in [-0.2, -0.15) is 0 Å². The molecule has 3 nitrogen and oxygen atoms in total. The molecule has 0 spiro atoms. The molecule has 88 valence electrons. The van der Waals surface area contributed by atoms with Crippen LogP contribution in [-0.2, 0) is 6.42 Å². The smallest absolute Gasteiger partial charge is 0.131 e. The van der Waals surface area contributed by atoms with Crippen molar-refractivity contribution in [1.29, 1.82) is 0 Å². The molecule has 1 unspecified atom stereocenters. The highest BCUT2D eigenvalue weighted by atomic mass is 15.2. The third kappa shape index (κ3) is 2.35. The summed E-state index contributed by atoms with van der Waals surface area (Å²) in [7, 11) is 0. The van der Waals surface area contributed by atoms with Crippen molar-refractivity contribution >= 4 is 5.82 Å². The number of hydrogen-bond donors (Lipinski definition) is 1. The number of hydrogen-bond acceptors (Lipinski definition) is 3. The van der Waals surface area contributed by atoms with E-state index in [4.69, 9.17) is 5.73 Å². The number of aromatic nitrogens is 1. The molecular weight excluding hydrogens is 198 g/mol. The van der Waals surface area contributed by atoms with Crippen LogP contribution in [-0.4, -0.2) is 24.6 Å². The van der Waals surface area contributed by atoms with Gasteiger partial charge in [0.2, 0.25) is 0 Å². The second-order valence-corrected chi connectivity index (χ2v) is 4.86. The average molecular weight is 219 g/mol. The second-order valence-electron chi connectivity index (χ2n) is 4.86. The van der Waals surface area contributed by atoms with Crippen molar-refractivity contribution in [3.63, 3.8) is 0 Å². The maximum Gasteiger partial charge on any atom is 0.131 e. The zero-order chi connectivity index (χ0) is 11.5. The molecule has 1 saturated heterocycles. The molecule has 1 atom stereocenters. The van der Waals surface area contributed by atoms with Crippen molar-refractivity contribution in [2.75, 3.05) is 24.5 Å². The summed E-state index contributed by atoms with van der Waals surface area (Å²) in [6.45, 7) is 7.43. The van der Waals surface area contributed by atoms with Crippen molar-refractivity contribution in [3.05, 3.63) is 23.4 Å². The average Bonchev–Trinajstić information content (AvgIpc) is 2.65. The van der Waals surface area contributed by atoms with Gasteiger partial charge < -0.3 is 10.6 Å². The second kappa shape index (κ2) is 4.83. The van der Waals surface area contributed by atoms with Crippen LogP contribution in [0.15, 0.2) is 12.3 Å². The maximum absolute atomic E-state index is 5.55. The summed E-state index contributed by atoms with van der Waals surface area (Å²) in [6, 6.07) is 2.22. The van der Waals surface area contributed by atoms with E-state index in [0.717, 1.165) is 31.2 Å². The van der Waals surface area contributed by atoms with Gasteiger partial charge in [0.25, 0.3) is 0 Å². The summed E-state index contributed by atoms with van der Waals surface area (Å²) in [5.41, 5.74) is 8.07. The van der Waals surface area contributed by atoms with Crippen LogP contribution in [0.25, 0.3) is 0 Å². The van der Waals surface area contributed by atoms with Crippen LogP contribution >= 0.6 is 0 Å². The molecule has 2 rings (SSSR count). The summed E-state index contributed by atoms with van der Waals surface area (Å²) in [5.74, 6) is 1.95. The van der Waals surface area contributed by atoms with Crippen molar-refractivity contribution in [2.24, 2.45) is 11.7 Å². The zero-order valence-corrected chi connectivity index (χ0v) is 10.2. The maximum atomic E-state index is 5.55. The van der Waals surface area contributed by atoms with Crippen molar-refractivity contribution in [1.82, 2.24) is 4.98 Å². The number of aryl methyl sites for hydroxylation is 1. The Kier molecular flexibility index (Phi) is 3.44. The Labute approximate surface area is 97.7 Å². The van der Waals surface area contributed by atoms with Crippen LogP contribution in [0.3, 0.4) is 0 Å². The van der Waals surface area contributed by atoms with Gasteiger partial charge in [0.15, 0.2) is 0 Å². The van der Waals surface area contributed by atoms with E-state index in [1.807, 2.05) is 6.20 Å². The number of nitrogens with two attached hydrogens (primary N) is 1. The van der Waals surface area contributed by atoms with Gasteiger partial charge in [-0.15, -0.1) is 0 Å². The highest BCUT2D eigenvalue weighted by molar-refractivity contribution is 5.48. The molecule has 0 amide bonds. The molecule has 3 heteroatoms. The highest BCUT2D eigenvalue weighted by Crippen LogP contribution is 2.24. The van der Waals surface area contributed by atoms with E-state index in [0.29, 0.717) is 6.54 Å². The molecule has 0 aromatic carbocycles. The van der Waals surface area contributed by atoms with Gasteiger partial charge in [0.1, 0.15) is 5.82 Å². The van der Waals surface area contributed by atoms with Crippen LogP contribution in [0, 0.1) is 12.8 Å². The van der Waals surface area contributed by atoms with Gasteiger partial charge in [-0.1, -0.05) is 13.0 Å². The minimum atomic E-state index is 0.696. The number of anilines is 1. The molecular formula is C13H21N3. The first-order valence-corrected chi connectivity index (χ1v) is 6.11. The lowest BCUT2D eigenvalue weighted by molar-refractivity contribution is 0.658. The summed E-state index contributed by atoms with van der Waals surface area (Å²) in [5, 5.41) is 0. The highest BCUT2D eigenvalue weighted by Gasteiger charge is 2.20. The summed E-state index contributed by atoms with van der Waals surface area (Å²) in [4.78, 5) is 6.98. The van der Waals surface area contributed by atoms with Crippen LogP contribution < -0.4 is 10.6 Å². The van der Waals surface area contributed by atoms with E-state index >= 15 is 0 Å². The summed E-state index contributed by atoms with van der Waals surface area (Å²) in [6.07, 6.45) is 4.17. The van der Waals surface area contributed by atoms with E-state index in [1.54, 1.807) is 0 Å². The topological polar surface area (TPSA) is 42.1 Å². The Morgan fingerprint density at radius 1 is 1.56 bits per heavy atom. The Bertz CT molecular complexity index is 362. The number of rotatable bonds is 3. The summed E-state index contributed by atoms with van der Waals surface area (Å²) >= 11 is 0. The molecule has 16 heavy (non-hydrogen) atoms. The Morgan fingerprint density at radius 3 is 2.94 bits per heavy atom. The van der Waals surface area contributed by atoms with Crippen LogP contribution in [0.5, 0.6) is 0 Å². The molecule has 1 aliphatic heterocycles. The third-order valence-electron chi connectivity index (χ3n) is 3.26. The van der Waals surface area contributed by atoms with Gasteiger partial charge in [-0.05, 0) is 43.4 Å². The van der Waals surface area contributed by atoms with Gasteiger partial charge >= 0.3 is 0 Å². The first kappa shape index (κ1) is 11.4. The monoisotopic (exact) mass is 219 g/mol. The quantitative estimate of drug-likeness (QED) is 0.842. The first-order chi connectivity index (χ1) is 7.70. The predicted octanol–water partition coefficient (Wildman–Crippen LogP) is 1.74. The molecule has 0 bridgehead atoms. The lowest BCUT2D eigenvalue weighted by Gasteiger charge is -2.19. The zero-order valence-electron chi connectivity index (χ0n) is 10.2.